The first-order chi connectivity index (χ1) is 21.1. The van der Waals surface area contributed by atoms with Crippen molar-refractivity contribution >= 4 is 39.9 Å². The third-order valence-electron chi connectivity index (χ3n) is 8.56. The molecule has 2 unspecified atom stereocenters. The Morgan fingerprint density at radius 1 is 1.11 bits per heavy atom. The largest absolute Gasteiger partial charge is 0.464 e. The maximum absolute atomic E-state index is 15.4. The first-order valence-corrected chi connectivity index (χ1v) is 16.3. The Kier molecular flexibility index (Phi) is 6.36. The summed E-state index contributed by atoms with van der Waals surface area (Å²) in [5.74, 6) is 1.41. The quantitative estimate of drug-likeness (QED) is 0.215. The van der Waals surface area contributed by atoms with Gasteiger partial charge < -0.3 is 14.5 Å². The number of carbonyl (C=O) groups excluding carboxylic acids is 1. The highest BCUT2D eigenvalue weighted by Crippen LogP contribution is 2.50. The number of nitrogens with one attached hydrogen (secondary N) is 1. The SMILES string of the molecule is CC(C)(C)OC(=O)N1CCCC1c1ncc(-c2ccc3c(c2)cc2n3C(c3ccc(C4CC4)s3)Oc3cc(Cl)cc(F)c3-2)[nH]1. The number of imidazole rings is 1. The minimum atomic E-state index is -0.562. The van der Waals surface area contributed by atoms with E-state index in [9.17, 15) is 4.79 Å². The van der Waals surface area contributed by atoms with E-state index < -0.39 is 17.6 Å². The van der Waals surface area contributed by atoms with Gasteiger partial charge in [-0.2, -0.15) is 0 Å². The highest BCUT2D eigenvalue weighted by atomic mass is 35.5. The van der Waals surface area contributed by atoms with Gasteiger partial charge in [0.15, 0.2) is 0 Å². The Balaban J connectivity index is 1.17. The number of carbonyl (C=O) groups is 1. The molecule has 1 saturated carbocycles. The lowest BCUT2D eigenvalue weighted by molar-refractivity contribution is 0.0218. The molecule has 3 aliphatic rings. The van der Waals surface area contributed by atoms with Crippen LogP contribution in [0.25, 0.3) is 33.4 Å². The van der Waals surface area contributed by atoms with E-state index in [4.69, 9.17) is 21.1 Å². The molecule has 8 rings (SSSR count). The van der Waals surface area contributed by atoms with Gasteiger partial charge in [0.05, 0.1) is 39.6 Å². The number of amides is 1. The van der Waals surface area contributed by atoms with Crippen LogP contribution in [0, 0.1) is 5.82 Å². The van der Waals surface area contributed by atoms with Crippen LogP contribution in [-0.4, -0.2) is 37.7 Å². The molecule has 7 nitrogen and oxygen atoms in total. The zero-order chi connectivity index (χ0) is 30.3. The van der Waals surface area contributed by atoms with E-state index in [1.165, 1.54) is 23.8 Å². The number of halogens is 2. The van der Waals surface area contributed by atoms with Crippen LogP contribution in [0.3, 0.4) is 0 Å². The monoisotopic (exact) mass is 630 g/mol. The number of aromatic nitrogens is 3. The fraction of sp³-hybridized carbons (Fsp3) is 0.353. The summed E-state index contributed by atoms with van der Waals surface area (Å²) in [5, 5.41) is 1.26. The van der Waals surface area contributed by atoms with Gasteiger partial charge in [-0.3, -0.25) is 9.47 Å². The van der Waals surface area contributed by atoms with Gasteiger partial charge in [0.2, 0.25) is 6.23 Å². The molecule has 44 heavy (non-hydrogen) atoms. The van der Waals surface area contributed by atoms with Crippen LogP contribution in [0.1, 0.15) is 80.2 Å². The normalized spacial score (nSPS) is 19.6. The molecule has 2 aromatic carbocycles. The summed E-state index contributed by atoms with van der Waals surface area (Å²) < 4.78 is 29.7. The topological polar surface area (TPSA) is 72.4 Å². The van der Waals surface area contributed by atoms with Crippen LogP contribution < -0.4 is 4.74 Å². The molecule has 1 amide bonds. The molecule has 10 heteroatoms. The van der Waals surface area contributed by atoms with Gasteiger partial charge >= 0.3 is 6.09 Å². The summed E-state index contributed by atoms with van der Waals surface area (Å²) in [6, 6.07) is 15.4. The smallest absolute Gasteiger partial charge is 0.410 e. The predicted octanol–water partition coefficient (Wildman–Crippen LogP) is 9.44. The third-order valence-corrected chi connectivity index (χ3v) is 10.1. The molecule has 0 spiro atoms. The van der Waals surface area contributed by atoms with Crippen molar-refractivity contribution in [2.24, 2.45) is 0 Å². The molecule has 3 aromatic heterocycles. The number of likely N-dealkylation sites (tertiary alicyclic amines) is 1. The number of fused-ring (bicyclic) bond motifs is 5. The molecule has 2 atom stereocenters. The van der Waals surface area contributed by atoms with Gasteiger partial charge in [-0.15, -0.1) is 11.3 Å². The zero-order valence-electron chi connectivity index (χ0n) is 24.7. The lowest BCUT2D eigenvalue weighted by Gasteiger charge is -2.29. The maximum atomic E-state index is 15.4. The Morgan fingerprint density at radius 3 is 2.73 bits per heavy atom. The number of nitrogens with zero attached hydrogens (tertiary/aromatic N) is 3. The number of ether oxygens (including phenoxy) is 2. The molecule has 5 heterocycles. The lowest BCUT2D eigenvalue weighted by atomic mass is 10.1. The fourth-order valence-corrected chi connectivity index (χ4v) is 7.83. The molecule has 1 N–H and O–H groups in total. The molecular formula is C34H32ClFN4O3S. The van der Waals surface area contributed by atoms with E-state index in [0.717, 1.165) is 51.4 Å². The summed E-state index contributed by atoms with van der Waals surface area (Å²) in [7, 11) is 0. The van der Waals surface area contributed by atoms with Crippen molar-refractivity contribution < 1.29 is 18.7 Å². The summed E-state index contributed by atoms with van der Waals surface area (Å²) in [6.45, 7) is 6.26. The molecule has 226 valence electrons. The average Bonchev–Trinajstić information content (AvgIpc) is 3.39. The van der Waals surface area contributed by atoms with Crippen LogP contribution in [0.15, 0.2) is 54.7 Å². The van der Waals surface area contributed by atoms with Crippen molar-refractivity contribution in [3.05, 3.63) is 81.1 Å². The highest BCUT2D eigenvalue weighted by molar-refractivity contribution is 7.12. The van der Waals surface area contributed by atoms with Gasteiger partial charge in [0, 0.05) is 27.4 Å². The average molecular weight is 631 g/mol. The molecular weight excluding hydrogens is 599 g/mol. The number of hydrogen-bond donors (Lipinski definition) is 1. The first kappa shape index (κ1) is 27.7. The minimum absolute atomic E-state index is 0.167. The van der Waals surface area contributed by atoms with Crippen molar-refractivity contribution in [2.45, 2.75) is 70.2 Å². The maximum Gasteiger partial charge on any atom is 0.410 e. The highest BCUT2D eigenvalue weighted by Gasteiger charge is 2.36. The fourth-order valence-electron chi connectivity index (χ4n) is 6.43. The first-order valence-electron chi connectivity index (χ1n) is 15.1. The van der Waals surface area contributed by atoms with Crippen LogP contribution in [0.4, 0.5) is 9.18 Å². The number of thiophene rings is 1. The van der Waals surface area contributed by atoms with E-state index in [1.54, 1.807) is 22.3 Å². The zero-order valence-corrected chi connectivity index (χ0v) is 26.3. The van der Waals surface area contributed by atoms with Crippen LogP contribution in [0.2, 0.25) is 5.02 Å². The summed E-state index contributed by atoms with van der Waals surface area (Å²) in [6.07, 6.45) is 5.22. The number of H-pyrrole nitrogens is 1. The molecule has 2 fully saturated rings. The van der Waals surface area contributed by atoms with Gasteiger partial charge in [-0.25, -0.2) is 14.2 Å². The van der Waals surface area contributed by atoms with E-state index >= 15 is 4.39 Å². The lowest BCUT2D eigenvalue weighted by Crippen LogP contribution is -2.36. The minimum Gasteiger partial charge on any atom is -0.464 e. The van der Waals surface area contributed by atoms with Crippen molar-refractivity contribution in [1.29, 1.82) is 0 Å². The second kappa shape index (κ2) is 10.1. The van der Waals surface area contributed by atoms with Gasteiger partial charge in [0.25, 0.3) is 0 Å². The van der Waals surface area contributed by atoms with E-state index in [0.29, 0.717) is 28.8 Å². The van der Waals surface area contributed by atoms with Crippen molar-refractivity contribution in [3.8, 4) is 28.3 Å². The molecule has 1 aliphatic carbocycles. The number of rotatable bonds is 4. The number of benzene rings is 2. The van der Waals surface area contributed by atoms with Crippen molar-refractivity contribution in [1.82, 2.24) is 19.4 Å². The molecule has 1 saturated heterocycles. The Hall–Kier alpha value is -3.82. The summed E-state index contributed by atoms with van der Waals surface area (Å²) >= 11 is 8.03. The van der Waals surface area contributed by atoms with Crippen molar-refractivity contribution in [3.63, 3.8) is 0 Å². The second-order valence-electron chi connectivity index (χ2n) is 12.9. The standard InChI is InChI=1S/C34H32ClFN4O3S/c1-34(2,3)43-33(41)39-12-4-5-25(39)31-37-17-23(38-31)19-8-9-24-20(13-19)14-26-30-22(36)15-21(35)16-27(30)42-32(40(24)26)29-11-10-28(44-29)18-6-7-18/h8-11,13-18,25,32H,4-7,12H2,1-3H3,(H,37,38). The van der Waals surface area contributed by atoms with E-state index in [2.05, 4.69) is 38.8 Å². The molecule has 2 aliphatic heterocycles. The summed E-state index contributed by atoms with van der Waals surface area (Å²) in [5.41, 5.74) is 3.34. The van der Waals surface area contributed by atoms with Crippen LogP contribution in [0.5, 0.6) is 5.75 Å². The second-order valence-corrected chi connectivity index (χ2v) is 14.5. The van der Waals surface area contributed by atoms with E-state index in [1.807, 2.05) is 39.1 Å². The number of aromatic amines is 1. The van der Waals surface area contributed by atoms with Crippen LogP contribution >= 0.6 is 22.9 Å². The van der Waals surface area contributed by atoms with Crippen LogP contribution in [-0.2, 0) is 4.74 Å². The molecule has 5 aromatic rings. The molecule has 0 bridgehead atoms. The van der Waals surface area contributed by atoms with Crippen molar-refractivity contribution in [2.75, 3.05) is 6.54 Å². The third kappa shape index (κ3) is 4.77. The Labute approximate surface area is 263 Å². The van der Waals surface area contributed by atoms with E-state index in [-0.39, 0.29) is 12.1 Å². The summed E-state index contributed by atoms with van der Waals surface area (Å²) in [4.78, 5) is 25.2. The van der Waals surface area contributed by atoms with Gasteiger partial charge in [-0.05, 0) is 94.8 Å². The Bertz CT molecular complexity index is 1930. The number of hydrogen-bond acceptors (Lipinski definition) is 5. The van der Waals surface area contributed by atoms with Gasteiger partial charge in [0.1, 0.15) is 23.0 Å². The van der Waals surface area contributed by atoms with Gasteiger partial charge in [-0.1, -0.05) is 17.7 Å². The predicted molar refractivity (Wildman–Crippen MR) is 170 cm³/mol. The Morgan fingerprint density at radius 2 is 1.93 bits per heavy atom. The molecule has 0 radical (unpaired) electrons.